The van der Waals surface area contributed by atoms with Gasteiger partial charge < -0.3 is 14.8 Å². The molecule has 0 bridgehead atoms. The summed E-state index contributed by atoms with van der Waals surface area (Å²) in [6.45, 7) is 3.25. The van der Waals surface area contributed by atoms with Crippen molar-refractivity contribution in [2.24, 2.45) is 0 Å². The summed E-state index contributed by atoms with van der Waals surface area (Å²) in [6.07, 6.45) is 2.00. The molecule has 9 heteroatoms. The van der Waals surface area contributed by atoms with E-state index in [0.717, 1.165) is 11.1 Å². The third kappa shape index (κ3) is 5.36. The highest BCUT2D eigenvalue weighted by atomic mass is 32.2. The highest BCUT2D eigenvalue weighted by Crippen LogP contribution is 2.42. The Balaban J connectivity index is 1.69. The van der Waals surface area contributed by atoms with Crippen LogP contribution in [-0.4, -0.2) is 52.4 Å². The average Bonchev–Trinajstić information content (AvgIpc) is 2.89. The maximum atomic E-state index is 13.7. The lowest BCUT2D eigenvalue weighted by Gasteiger charge is -2.49. The number of nitrogens with zero attached hydrogens (tertiary/aromatic N) is 1. The molecule has 2 aromatic carbocycles. The number of benzene rings is 2. The summed E-state index contributed by atoms with van der Waals surface area (Å²) in [7, 11) is 0. The van der Waals surface area contributed by atoms with Crippen LogP contribution in [0.5, 0.6) is 0 Å². The number of hydrogen-bond acceptors (Lipinski definition) is 7. The molecule has 8 nitrogen and oxygen atoms in total. The molecule has 1 saturated heterocycles. The Kier molecular flexibility index (Phi) is 7.90. The molecule has 186 valence electrons. The van der Waals surface area contributed by atoms with Crippen LogP contribution in [0, 0.1) is 0 Å². The molecule has 0 radical (unpaired) electrons. The van der Waals surface area contributed by atoms with E-state index in [0.29, 0.717) is 11.3 Å². The summed E-state index contributed by atoms with van der Waals surface area (Å²) in [5.41, 5.74) is 2.06. The van der Waals surface area contributed by atoms with Crippen LogP contribution < -0.4 is 5.32 Å². The van der Waals surface area contributed by atoms with E-state index in [1.54, 1.807) is 6.92 Å². The van der Waals surface area contributed by atoms with E-state index >= 15 is 0 Å². The smallest absolute Gasteiger partial charge is 0.356 e. The Labute approximate surface area is 213 Å². The van der Waals surface area contributed by atoms with Crippen molar-refractivity contribution < 1.29 is 28.7 Å². The molecular formula is C27H26N2O6S. The van der Waals surface area contributed by atoms with Crippen LogP contribution in [0.1, 0.15) is 31.1 Å². The Bertz CT molecular complexity index is 1170. The number of ether oxygens (including phenoxy) is 2. The van der Waals surface area contributed by atoms with Crippen molar-refractivity contribution in [3.05, 3.63) is 95.2 Å². The van der Waals surface area contributed by atoms with E-state index in [-0.39, 0.29) is 18.2 Å². The molecule has 2 aliphatic rings. The zero-order valence-electron chi connectivity index (χ0n) is 19.9. The van der Waals surface area contributed by atoms with Gasteiger partial charge in [0.2, 0.25) is 5.91 Å². The topological polar surface area (TPSA) is 102 Å². The molecule has 2 aliphatic heterocycles. The van der Waals surface area contributed by atoms with Gasteiger partial charge in [0.1, 0.15) is 17.1 Å². The Morgan fingerprint density at radius 2 is 1.69 bits per heavy atom. The summed E-state index contributed by atoms with van der Waals surface area (Å²) >= 11 is 1.39. The van der Waals surface area contributed by atoms with Crippen LogP contribution in [0.25, 0.3) is 0 Å². The van der Waals surface area contributed by atoms with Crippen molar-refractivity contribution in [2.75, 3.05) is 12.4 Å². The molecule has 4 rings (SSSR count). The highest BCUT2D eigenvalue weighted by molar-refractivity contribution is 8.00. The maximum absolute atomic E-state index is 13.7. The fraction of sp³-hybridized carbons (Fsp3) is 0.259. The first-order valence-electron chi connectivity index (χ1n) is 11.5. The molecule has 1 unspecified atom stereocenters. The Hall–Kier alpha value is -3.85. The van der Waals surface area contributed by atoms with Gasteiger partial charge in [-0.2, -0.15) is 0 Å². The van der Waals surface area contributed by atoms with Crippen LogP contribution in [0.15, 0.2) is 84.1 Å². The molecule has 0 aliphatic carbocycles. The molecule has 0 aromatic heterocycles. The lowest BCUT2D eigenvalue weighted by Crippen LogP contribution is -2.70. The van der Waals surface area contributed by atoms with E-state index in [2.05, 4.69) is 5.32 Å². The molecule has 0 saturated carbocycles. The summed E-state index contributed by atoms with van der Waals surface area (Å²) in [6, 6.07) is 17.9. The SMILES string of the molecule is CCOC(=O)C=CC1=C(C(=O)OC(c2ccccc2)c2ccccc2)N2C(=O)C(NC(C)=O)[C@@H]2SC1. The lowest BCUT2D eigenvalue weighted by molar-refractivity contribution is -0.154. The number of amides is 2. The van der Waals surface area contributed by atoms with Gasteiger partial charge >= 0.3 is 11.9 Å². The Morgan fingerprint density at radius 1 is 1.08 bits per heavy atom. The number of β-lactam (4-membered cyclic amide) rings is 1. The van der Waals surface area contributed by atoms with Crippen LogP contribution in [-0.2, 0) is 28.7 Å². The van der Waals surface area contributed by atoms with Crippen LogP contribution in [0.2, 0.25) is 0 Å². The first kappa shape index (κ1) is 25.2. The summed E-state index contributed by atoms with van der Waals surface area (Å²) in [5, 5.41) is 2.20. The van der Waals surface area contributed by atoms with Crippen molar-refractivity contribution in [2.45, 2.75) is 31.4 Å². The molecule has 36 heavy (non-hydrogen) atoms. The maximum Gasteiger partial charge on any atom is 0.356 e. The number of hydrogen-bond donors (Lipinski definition) is 1. The highest BCUT2D eigenvalue weighted by Gasteiger charge is 2.54. The van der Waals surface area contributed by atoms with E-state index in [9.17, 15) is 19.2 Å². The van der Waals surface area contributed by atoms with E-state index in [4.69, 9.17) is 9.47 Å². The first-order chi connectivity index (χ1) is 17.4. The molecule has 2 heterocycles. The van der Waals surface area contributed by atoms with E-state index < -0.39 is 35.4 Å². The molecule has 1 fully saturated rings. The second-order valence-electron chi connectivity index (χ2n) is 8.15. The van der Waals surface area contributed by atoms with Crippen LogP contribution in [0.3, 0.4) is 0 Å². The minimum atomic E-state index is -0.732. The third-order valence-electron chi connectivity index (χ3n) is 5.69. The molecular weight excluding hydrogens is 480 g/mol. The van der Waals surface area contributed by atoms with Crippen molar-refractivity contribution in [1.29, 1.82) is 0 Å². The minimum absolute atomic E-state index is 0.0581. The number of thioether (sulfide) groups is 1. The number of fused-ring (bicyclic) bond motifs is 1. The molecule has 2 atom stereocenters. The average molecular weight is 507 g/mol. The second kappa shape index (κ2) is 11.3. The van der Waals surface area contributed by atoms with E-state index in [1.807, 2.05) is 60.7 Å². The number of carbonyl (C=O) groups is 4. The monoisotopic (exact) mass is 506 g/mol. The first-order valence-corrected chi connectivity index (χ1v) is 12.6. The zero-order valence-corrected chi connectivity index (χ0v) is 20.7. The van der Waals surface area contributed by atoms with Crippen molar-refractivity contribution in [3.63, 3.8) is 0 Å². The van der Waals surface area contributed by atoms with Gasteiger partial charge in [-0.05, 0) is 29.7 Å². The van der Waals surface area contributed by atoms with Crippen molar-refractivity contribution in [1.82, 2.24) is 10.2 Å². The largest absolute Gasteiger partial charge is 0.463 e. The minimum Gasteiger partial charge on any atom is -0.463 e. The third-order valence-corrected chi connectivity index (χ3v) is 6.99. The predicted octanol–water partition coefficient (Wildman–Crippen LogP) is 3.11. The number of allylic oxidation sites excluding steroid dienone is 1. The normalized spacial score (nSPS) is 19.1. The van der Waals surface area contributed by atoms with Gasteiger partial charge in [0.15, 0.2) is 6.10 Å². The standard InChI is InChI=1S/C27H26N2O6S/c1-3-34-21(31)15-14-20-16-36-26-22(28-17(2)30)25(32)29(26)23(20)27(33)35-24(18-10-6-4-7-11-18)19-12-8-5-9-13-19/h4-15,22,24,26H,3,16H2,1-2H3,(H,28,30)/t22?,26-/m0/s1. The fourth-order valence-corrected chi connectivity index (χ4v) is 5.40. The summed E-state index contributed by atoms with van der Waals surface area (Å²) < 4.78 is 11.0. The van der Waals surface area contributed by atoms with Crippen molar-refractivity contribution in [3.8, 4) is 0 Å². The van der Waals surface area contributed by atoms with Crippen LogP contribution >= 0.6 is 11.8 Å². The number of rotatable bonds is 8. The van der Waals surface area contributed by atoms with Gasteiger partial charge in [0.05, 0.1) is 6.61 Å². The van der Waals surface area contributed by atoms with Gasteiger partial charge in [0.25, 0.3) is 5.91 Å². The van der Waals surface area contributed by atoms with Gasteiger partial charge in [-0.1, -0.05) is 60.7 Å². The lowest BCUT2D eigenvalue weighted by atomic mass is 10.0. The van der Waals surface area contributed by atoms with Crippen molar-refractivity contribution >= 4 is 35.5 Å². The summed E-state index contributed by atoms with van der Waals surface area (Å²) in [5.74, 6) is -1.65. The van der Waals surface area contributed by atoms with Gasteiger partial charge in [-0.25, -0.2) is 9.59 Å². The predicted molar refractivity (Wildman–Crippen MR) is 134 cm³/mol. The zero-order chi connectivity index (χ0) is 25.7. The number of carbonyl (C=O) groups excluding carboxylic acids is 4. The van der Waals surface area contributed by atoms with Crippen LogP contribution in [0.4, 0.5) is 0 Å². The van der Waals surface area contributed by atoms with E-state index in [1.165, 1.54) is 35.7 Å². The van der Waals surface area contributed by atoms with Gasteiger partial charge in [-0.15, -0.1) is 11.8 Å². The molecule has 1 N–H and O–H groups in total. The van der Waals surface area contributed by atoms with Gasteiger partial charge in [-0.3, -0.25) is 14.5 Å². The molecule has 0 spiro atoms. The summed E-state index contributed by atoms with van der Waals surface area (Å²) in [4.78, 5) is 51.5. The number of esters is 2. The quantitative estimate of drug-likeness (QED) is 0.333. The fourth-order valence-electron chi connectivity index (χ4n) is 4.09. The molecule has 2 amide bonds. The van der Waals surface area contributed by atoms with Gasteiger partial charge in [0, 0.05) is 18.8 Å². The second-order valence-corrected chi connectivity index (χ2v) is 9.26. The molecule has 2 aromatic rings. The number of nitrogens with one attached hydrogen (secondary N) is 1. The Morgan fingerprint density at radius 3 is 2.25 bits per heavy atom.